The summed E-state index contributed by atoms with van der Waals surface area (Å²) in [5.74, 6) is 0.591. The maximum atomic E-state index is 10.3. The van der Waals surface area contributed by atoms with Gasteiger partial charge in [-0.05, 0) is 42.3 Å². The number of hydrogen-bond donors (Lipinski definition) is 2. The molecule has 0 spiro atoms. The third kappa shape index (κ3) is 4.04. The molecule has 2 N–H and O–H groups in total. The van der Waals surface area contributed by atoms with Gasteiger partial charge >= 0.3 is 0 Å². The molecule has 4 aromatic rings. The van der Waals surface area contributed by atoms with Gasteiger partial charge in [0.05, 0.1) is 10.7 Å². The number of aromatic hydroxyl groups is 1. The number of aryl methyl sites for hydroxylation is 1. The summed E-state index contributed by atoms with van der Waals surface area (Å²) in [5, 5.41) is 32.9. The van der Waals surface area contributed by atoms with E-state index in [4.69, 9.17) is 10.1 Å². The first-order valence-corrected chi connectivity index (χ1v) is 11.7. The molecule has 7 nitrogen and oxygen atoms in total. The van der Waals surface area contributed by atoms with Crippen LogP contribution >= 0.6 is 23.1 Å². The Bertz CT molecular complexity index is 1340. The van der Waals surface area contributed by atoms with E-state index < -0.39 is 0 Å². The molecule has 5 rings (SSSR count). The Morgan fingerprint density at radius 2 is 1.78 bits per heavy atom. The summed E-state index contributed by atoms with van der Waals surface area (Å²) in [6.45, 7) is 3.87. The van der Waals surface area contributed by atoms with E-state index in [2.05, 4.69) is 45.8 Å². The molecule has 32 heavy (non-hydrogen) atoms. The number of hydrazone groups is 1. The highest BCUT2D eigenvalue weighted by Gasteiger charge is 2.32. The normalized spacial score (nSPS) is 16.4. The zero-order valence-electron chi connectivity index (χ0n) is 17.4. The van der Waals surface area contributed by atoms with Crippen LogP contribution in [0.1, 0.15) is 22.9 Å². The van der Waals surface area contributed by atoms with Crippen LogP contribution in [0.3, 0.4) is 0 Å². The van der Waals surface area contributed by atoms with Gasteiger partial charge in [-0.15, -0.1) is 10.2 Å². The van der Waals surface area contributed by atoms with Crippen molar-refractivity contribution in [3.63, 3.8) is 0 Å². The van der Waals surface area contributed by atoms with E-state index in [-0.39, 0.29) is 11.1 Å². The number of thioether (sulfide) groups is 1. The van der Waals surface area contributed by atoms with Crippen LogP contribution in [0.5, 0.6) is 5.75 Å². The lowest BCUT2D eigenvalue weighted by Crippen LogP contribution is -2.32. The Morgan fingerprint density at radius 3 is 2.59 bits per heavy atom. The molecule has 1 atom stereocenters. The molecule has 0 saturated heterocycles. The number of rotatable bonds is 3. The Balaban J connectivity index is 1.61. The fraction of sp³-hybridized carbons (Fsp3) is 0.130. The number of guanidine groups is 1. The van der Waals surface area contributed by atoms with Crippen LogP contribution in [0.25, 0.3) is 10.8 Å². The molecule has 0 radical (unpaired) electrons. The topological polar surface area (TPSA) is 86.0 Å². The average molecular weight is 461 g/mol. The molecule has 0 fully saturated rings. The maximum Gasteiger partial charge on any atom is 0.234 e. The minimum absolute atomic E-state index is 0.128. The van der Waals surface area contributed by atoms with E-state index in [1.54, 1.807) is 30.0 Å². The lowest BCUT2D eigenvalue weighted by molar-refractivity contribution is 0.438. The number of hydrogen-bond acceptors (Lipinski definition) is 7. The van der Waals surface area contributed by atoms with Crippen LogP contribution < -0.4 is 5.32 Å². The van der Waals surface area contributed by atoms with Crippen LogP contribution in [0, 0.1) is 6.92 Å². The highest BCUT2D eigenvalue weighted by Crippen LogP contribution is 2.42. The van der Waals surface area contributed by atoms with Crippen LogP contribution in [-0.4, -0.2) is 31.3 Å². The zero-order valence-corrected chi connectivity index (χ0v) is 19.1. The maximum absolute atomic E-state index is 10.3. The van der Waals surface area contributed by atoms with Crippen molar-refractivity contribution < 1.29 is 5.11 Å². The molecule has 2 heterocycles. The second-order valence-electron chi connectivity index (χ2n) is 7.18. The first-order chi connectivity index (χ1) is 15.6. The average Bonchev–Trinajstić information content (AvgIpc) is 3.39. The van der Waals surface area contributed by atoms with Gasteiger partial charge in [-0.2, -0.15) is 10.1 Å². The number of aliphatic imine (C=N–C) groups is 1. The van der Waals surface area contributed by atoms with E-state index in [1.807, 2.05) is 37.1 Å². The molecule has 1 aliphatic rings. The molecule has 160 valence electrons. The number of phenolic OH excluding ortho intramolecular Hbond substituents is 1. The van der Waals surface area contributed by atoms with Gasteiger partial charge in [0.25, 0.3) is 0 Å². The van der Waals surface area contributed by atoms with Crippen LogP contribution in [0.2, 0.25) is 0 Å². The van der Waals surface area contributed by atoms with Crippen molar-refractivity contribution >= 4 is 55.7 Å². The lowest BCUT2D eigenvalue weighted by Gasteiger charge is -2.26. The van der Waals surface area contributed by atoms with Crippen LogP contribution in [-0.2, 0) is 0 Å². The molecule has 1 aliphatic heterocycles. The molecule has 0 saturated carbocycles. The Hall–Kier alpha value is -3.43. The summed E-state index contributed by atoms with van der Waals surface area (Å²) < 4.78 is 0. The number of fused-ring (bicyclic) bond motifs is 1. The summed E-state index contributed by atoms with van der Waals surface area (Å²) in [6, 6.07) is 21.7. The van der Waals surface area contributed by atoms with Crippen molar-refractivity contribution in [1.82, 2.24) is 15.2 Å². The second kappa shape index (κ2) is 8.60. The highest BCUT2D eigenvalue weighted by molar-refractivity contribution is 8.14. The molecular formula is C23H20N6OS2. The number of anilines is 1. The fourth-order valence-corrected chi connectivity index (χ4v) is 5.11. The summed E-state index contributed by atoms with van der Waals surface area (Å²) in [7, 11) is 0. The molecule has 0 unspecified atom stereocenters. The molecular weight excluding hydrogens is 440 g/mol. The predicted octanol–water partition coefficient (Wildman–Crippen LogP) is 5.89. The van der Waals surface area contributed by atoms with Gasteiger partial charge in [0, 0.05) is 0 Å². The van der Waals surface area contributed by atoms with Gasteiger partial charge in [0.15, 0.2) is 0 Å². The Kier molecular flexibility index (Phi) is 5.50. The summed E-state index contributed by atoms with van der Waals surface area (Å²) in [4.78, 5) is 4.73. The third-order valence-electron chi connectivity index (χ3n) is 4.93. The Morgan fingerprint density at radius 1 is 1.00 bits per heavy atom. The monoisotopic (exact) mass is 460 g/mol. The first kappa shape index (κ1) is 20.5. The predicted molar refractivity (Wildman–Crippen MR) is 133 cm³/mol. The van der Waals surface area contributed by atoms with Crippen molar-refractivity contribution in [3.8, 4) is 5.75 Å². The highest BCUT2D eigenvalue weighted by atomic mass is 32.2. The summed E-state index contributed by atoms with van der Waals surface area (Å²) >= 11 is 3.06. The van der Waals surface area contributed by atoms with Crippen molar-refractivity contribution in [1.29, 1.82) is 0 Å². The van der Waals surface area contributed by atoms with Gasteiger partial charge in [0.1, 0.15) is 16.1 Å². The van der Waals surface area contributed by atoms with E-state index in [0.717, 1.165) is 21.0 Å². The van der Waals surface area contributed by atoms with E-state index >= 15 is 0 Å². The lowest BCUT2D eigenvalue weighted by atomic mass is 10.0. The molecule has 0 bridgehead atoms. The third-order valence-corrected chi connectivity index (χ3v) is 6.76. The number of aromatic nitrogens is 2. The Labute approximate surface area is 193 Å². The van der Waals surface area contributed by atoms with Gasteiger partial charge in [-0.25, -0.2) is 5.01 Å². The smallest absolute Gasteiger partial charge is 0.234 e. The number of para-hydroxylation sites is 2. The molecule has 0 aliphatic carbocycles. The minimum Gasteiger partial charge on any atom is -0.506 e. The quantitative estimate of drug-likeness (QED) is 0.225. The molecule has 3 aromatic carbocycles. The standard InChI is InChI=1S/C23H20N6OS2/c1-14-26-27-23(32-14)25-22(24-19-12-5-6-13-20(19)30)29-21(31-15(2)28-29)18-11-7-9-16-8-3-4-10-17(16)18/h3-13,21,30H,1-2H3,(H,24,25,27)/t21-/m0/s1. The largest absolute Gasteiger partial charge is 0.506 e. The van der Waals surface area contributed by atoms with Crippen molar-refractivity contribution in [2.45, 2.75) is 19.2 Å². The number of nitrogens with zero attached hydrogens (tertiary/aromatic N) is 5. The number of nitrogens with one attached hydrogen (secondary N) is 1. The zero-order chi connectivity index (χ0) is 22.1. The second-order valence-corrected chi connectivity index (χ2v) is 9.62. The van der Waals surface area contributed by atoms with Gasteiger partial charge < -0.3 is 10.4 Å². The summed E-state index contributed by atoms with van der Waals surface area (Å²) in [5.41, 5.74) is 1.67. The van der Waals surface area contributed by atoms with Crippen molar-refractivity contribution in [2.24, 2.45) is 10.1 Å². The van der Waals surface area contributed by atoms with E-state index in [9.17, 15) is 5.11 Å². The van der Waals surface area contributed by atoms with E-state index in [1.165, 1.54) is 16.7 Å². The summed E-state index contributed by atoms with van der Waals surface area (Å²) in [6.07, 6.45) is 0. The van der Waals surface area contributed by atoms with Gasteiger partial charge in [-0.1, -0.05) is 77.7 Å². The molecule has 0 amide bonds. The van der Waals surface area contributed by atoms with Crippen LogP contribution in [0.4, 0.5) is 10.8 Å². The van der Waals surface area contributed by atoms with Gasteiger partial charge in [0.2, 0.25) is 11.1 Å². The molecule has 9 heteroatoms. The number of phenols is 1. The van der Waals surface area contributed by atoms with Crippen LogP contribution in [0.15, 0.2) is 76.8 Å². The molecule has 1 aromatic heterocycles. The number of benzene rings is 3. The van der Waals surface area contributed by atoms with Crippen molar-refractivity contribution in [2.75, 3.05) is 5.32 Å². The fourth-order valence-electron chi connectivity index (χ4n) is 3.52. The van der Waals surface area contributed by atoms with Crippen molar-refractivity contribution in [3.05, 3.63) is 77.3 Å². The minimum atomic E-state index is -0.132. The SMILES string of the molecule is CC1=NN(/C(=N\c2nnc(C)s2)Nc2ccccc2O)[C@H](c2cccc3ccccc23)S1. The van der Waals surface area contributed by atoms with E-state index in [0.29, 0.717) is 16.8 Å². The first-order valence-electron chi connectivity index (χ1n) is 10.0. The van der Waals surface area contributed by atoms with Gasteiger partial charge in [-0.3, -0.25) is 0 Å².